The molecule has 0 aliphatic carbocycles. The number of carbonyl (C=O) groups excluding carboxylic acids is 2. The molecule has 2 rings (SSSR count). The van der Waals surface area contributed by atoms with Crippen LogP contribution in [0.15, 0.2) is 24.3 Å². The van der Waals surface area contributed by atoms with E-state index in [9.17, 15) is 22.8 Å². The number of nitrogens with one attached hydrogen (secondary N) is 1. The minimum Gasteiger partial charge on any atom is -0.395 e. The number of hydrogen-bond donors (Lipinski definition) is 2. The topological polar surface area (TPSA) is 84.2 Å². The number of amides is 1. The van der Waals surface area contributed by atoms with Crippen LogP contribution >= 0.6 is 0 Å². The molecule has 0 fully saturated rings. The van der Waals surface area contributed by atoms with Crippen molar-refractivity contribution in [3.63, 3.8) is 0 Å². The predicted octanol–water partition coefficient (Wildman–Crippen LogP) is 1.80. The lowest BCUT2D eigenvalue weighted by atomic mass is 10.1. The van der Waals surface area contributed by atoms with Crippen LogP contribution in [0.4, 0.5) is 13.2 Å². The summed E-state index contributed by atoms with van der Waals surface area (Å²) in [4.78, 5) is 24.0. The molecule has 0 saturated heterocycles. The quantitative estimate of drug-likeness (QED) is 0.633. The van der Waals surface area contributed by atoms with Gasteiger partial charge in [0, 0.05) is 6.54 Å². The molecule has 0 aliphatic rings. The highest BCUT2D eigenvalue weighted by molar-refractivity contribution is 6.43. The number of halogens is 3. The fourth-order valence-electron chi connectivity index (χ4n) is 2.40. The highest BCUT2D eigenvalue weighted by Crippen LogP contribution is 2.30. The average Bonchev–Trinajstić information content (AvgIpc) is 2.86. The fourth-order valence-corrected chi connectivity index (χ4v) is 2.40. The highest BCUT2D eigenvalue weighted by Gasteiger charge is 2.31. The average molecular weight is 355 g/mol. The third kappa shape index (κ3) is 3.87. The zero-order valence-electron chi connectivity index (χ0n) is 13.5. The Hall–Kier alpha value is -2.68. The second-order valence-electron chi connectivity index (χ2n) is 5.31. The monoisotopic (exact) mass is 355 g/mol. The molecule has 2 N–H and O–H groups in total. The number of alkyl halides is 3. The van der Waals surface area contributed by atoms with Crippen LogP contribution in [-0.4, -0.2) is 39.7 Å². The number of hydrogen-bond acceptors (Lipinski definition) is 4. The molecule has 0 unspecified atom stereocenters. The van der Waals surface area contributed by atoms with Crippen LogP contribution in [0.1, 0.15) is 27.3 Å². The Morgan fingerprint density at radius 2 is 1.96 bits per heavy atom. The first kappa shape index (κ1) is 18.7. The van der Waals surface area contributed by atoms with E-state index in [2.05, 4.69) is 10.4 Å². The Kier molecular flexibility index (Phi) is 5.27. The van der Waals surface area contributed by atoms with Crippen molar-refractivity contribution in [3.8, 4) is 5.69 Å². The van der Waals surface area contributed by atoms with E-state index in [4.69, 9.17) is 5.11 Å². The molecule has 25 heavy (non-hydrogen) atoms. The number of Topliss-reactive ketones (excluding diaryl/α,β-unsaturated/α-hetero) is 1. The summed E-state index contributed by atoms with van der Waals surface area (Å²) in [5.74, 6) is -1.77. The smallest absolute Gasteiger partial charge is 0.395 e. The van der Waals surface area contributed by atoms with Crippen LogP contribution in [0.3, 0.4) is 0 Å². The van der Waals surface area contributed by atoms with Gasteiger partial charge in [-0.25, -0.2) is 4.68 Å². The normalized spacial score (nSPS) is 11.4. The van der Waals surface area contributed by atoms with Gasteiger partial charge in [-0.1, -0.05) is 6.07 Å². The minimum atomic E-state index is -4.51. The number of nitrogens with zero attached hydrogens (tertiary/aromatic N) is 2. The van der Waals surface area contributed by atoms with E-state index < -0.39 is 23.4 Å². The molecule has 1 aromatic carbocycles. The third-order valence-corrected chi connectivity index (χ3v) is 3.54. The zero-order valence-corrected chi connectivity index (χ0v) is 13.5. The van der Waals surface area contributed by atoms with Crippen LogP contribution in [0, 0.1) is 13.8 Å². The van der Waals surface area contributed by atoms with Crippen molar-refractivity contribution in [1.82, 2.24) is 15.1 Å². The SMILES string of the molecule is Cc1nn(-c2cccc(C(F)(F)F)c2)c(C)c1C(=O)C(=O)NCCO. The van der Waals surface area contributed by atoms with E-state index in [0.29, 0.717) is 0 Å². The summed E-state index contributed by atoms with van der Waals surface area (Å²) in [5.41, 5.74) is -0.218. The van der Waals surface area contributed by atoms with Crippen molar-refractivity contribution in [2.45, 2.75) is 20.0 Å². The summed E-state index contributed by atoms with van der Waals surface area (Å²) < 4.78 is 39.8. The maximum absolute atomic E-state index is 12.9. The molecule has 0 aliphatic heterocycles. The number of aliphatic hydroxyl groups excluding tert-OH is 1. The molecule has 6 nitrogen and oxygen atoms in total. The van der Waals surface area contributed by atoms with Gasteiger partial charge in [0.25, 0.3) is 11.7 Å². The van der Waals surface area contributed by atoms with Crippen LogP contribution in [0.25, 0.3) is 5.69 Å². The largest absolute Gasteiger partial charge is 0.416 e. The predicted molar refractivity (Wildman–Crippen MR) is 82.5 cm³/mol. The second-order valence-corrected chi connectivity index (χ2v) is 5.31. The van der Waals surface area contributed by atoms with Gasteiger partial charge in [0.1, 0.15) is 0 Å². The number of carbonyl (C=O) groups is 2. The summed E-state index contributed by atoms with van der Waals surface area (Å²) in [6.07, 6.45) is -4.51. The van der Waals surface area contributed by atoms with Gasteiger partial charge < -0.3 is 10.4 Å². The van der Waals surface area contributed by atoms with Crippen molar-refractivity contribution in [2.75, 3.05) is 13.2 Å². The fraction of sp³-hybridized carbons (Fsp3) is 0.312. The van der Waals surface area contributed by atoms with Crippen LogP contribution < -0.4 is 5.32 Å². The first-order valence-corrected chi connectivity index (χ1v) is 7.34. The summed E-state index contributed by atoms with van der Waals surface area (Å²) in [6, 6.07) is 4.52. The van der Waals surface area contributed by atoms with Crippen LogP contribution in [0.2, 0.25) is 0 Å². The molecule has 2 aromatic rings. The van der Waals surface area contributed by atoms with Gasteiger partial charge in [-0.2, -0.15) is 18.3 Å². The lowest BCUT2D eigenvalue weighted by Crippen LogP contribution is -2.33. The van der Waals surface area contributed by atoms with Crippen molar-refractivity contribution in [1.29, 1.82) is 0 Å². The van der Waals surface area contributed by atoms with E-state index in [-0.39, 0.29) is 35.8 Å². The van der Waals surface area contributed by atoms with Gasteiger partial charge in [-0.3, -0.25) is 9.59 Å². The van der Waals surface area contributed by atoms with Gasteiger partial charge >= 0.3 is 6.18 Å². The van der Waals surface area contributed by atoms with Crippen molar-refractivity contribution >= 4 is 11.7 Å². The molecule has 0 radical (unpaired) electrons. The van der Waals surface area contributed by atoms with E-state index >= 15 is 0 Å². The van der Waals surface area contributed by atoms with Crippen molar-refractivity contribution in [3.05, 3.63) is 46.8 Å². The zero-order chi connectivity index (χ0) is 18.8. The Balaban J connectivity index is 2.43. The van der Waals surface area contributed by atoms with E-state index in [0.717, 1.165) is 12.1 Å². The molecule has 0 saturated carbocycles. The summed E-state index contributed by atoms with van der Waals surface area (Å²) in [7, 11) is 0. The maximum atomic E-state index is 12.9. The molecule has 0 atom stereocenters. The maximum Gasteiger partial charge on any atom is 0.416 e. The Morgan fingerprint density at radius 3 is 2.56 bits per heavy atom. The Bertz CT molecular complexity index is 813. The van der Waals surface area contributed by atoms with Crippen LogP contribution in [-0.2, 0) is 11.0 Å². The molecule has 9 heteroatoms. The first-order valence-electron chi connectivity index (χ1n) is 7.34. The summed E-state index contributed by atoms with van der Waals surface area (Å²) in [5, 5.41) is 15.0. The lowest BCUT2D eigenvalue weighted by Gasteiger charge is -2.10. The van der Waals surface area contributed by atoms with Gasteiger partial charge in [0.2, 0.25) is 0 Å². The molecular weight excluding hydrogens is 339 g/mol. The number of aromatic nitrogens is 2. The molecule has 0 spiro atoms. The van der Waals surface area contributed by atoms with E-state index in [1.54, 1.807) is 0 Å². The molecular formula is C16H16F3N3O3. The Labute approximate surface area is 141 Å². The van der Waals surface area contributed by atoms with Gasteiger partial charge in [-0.05, 0) is 32.0 Å². The van der Waals surface area contributed by atoms with E-state index in [1.807, 2.05) is 0 Å². The summed E-state index contributed by atoms with van der Waals surface area (Å²) in [6.45, 7) is 2.58. The van der Waals surface area contributed by atoms with Gasteiger partial charge in [0.05, 0.1) is 34.8 Å². The number of benzene rings is 1. The third-order valence-electron chi connectivity index (χ3n) is 3.54. The number of aliphatic hydroxyl groups is 1. The summed E-state index contributed by atoms with van der Waals surface area (Å²) >= 11 is 0. The molecule has 134 valence electrons. The highest BCUT2D eigenvalue weighted by atomic mass is 19.4. The lowest BCUT2D eigenvalue weighted by molar-refractivity contribution is -0.137. The number of aryl methyl sites for hydroxylation is 1. The van der Waals surface area contributed by atoms with Crippen LogP contribution in [0.5, 0.6) is 0 Å². The number of rotatable bonds is 5. The van der Waals surface area contributed by atoms with E-state index in [1.165, 1.54) is 30.7 Å². The van der Waals surface area contributed by atoms with Crippen molar-refractivity contribution in [2.24, 2.45) is 0 Å². The Morgan fingerprint density at radius 1 is 1.28 bits per heavy atom. The number of ketones is 1. The van der Waals surface area contributed by atoms with Gasteiger partial charge in [0.15, 0.2) is 0 Å². The van der Waals surface area contributed by atoms with Crippen molar-refractivity contribution < 1.29 is 27.9 Å². The second kappa shape index (κ2) is 7.06. The standard InChI is InChI=1S/C16H16F3N3O3/c1-9-13(14(24)15(25)20-6-7-23)10(2)22(21-9)12-5-3-4-11(8-12)16(17,18)19/h3-5,8,23H,6-7H2,1-2H3,(H,20,25). The van der Waals surface area contributed by atoms with Gasteiger partial charge in [-0.15, -0.1) is 0 Å². The molecule has 1 aromatic heterocycles. The molecule has 1 heterocycles. The molecule has 1 amide bonds. The first-order chi connectivity index (χ1) is 11.7. The minimum absolute atomic E-state index is 0.0212. The molecule has 0 bridgehead atoms.